The molecule has 2 N–H and O–H groups in total. The Morgan fingerprint density at radius 2 is 2.05 bits per heavy atom. The Hall–Kier alpha value is -2.05. The van der Waals surface area contributed by atoms with Crippen molar-refractivity contribution in [2.45, 2.75) is 26.4 Å². The summed E-state index contributed by atoms with van der Waals surface area (Å²) in [6.45, 7) is 6.41. The molecule has 19 heavy (non-hydrogen) atoms. The third-order valence-electron chi connectivity index (χ3n) is 1.95. The second kappa shape index (κ2) is 6.77. The monoisotopic (exact) mass is 268 g/mol. The van der Waals surface area contributed by atoms with E-state index in [9.17, 15) is 4.79 Å². The second-order valence-corrected chi connectivity index (χ2v) is 4.80. The summed E-state index contributed by atoms with van der Waals surface area (Å²) in [6.07, 6.45) is 0.970. The van der Waals surface area contributed by atoms with Crippen LogP contribution in [0.1, 0.15) is 20.8 Å². The van der Waals surface area contributed by atoms with E-state index in [-0.39, 0.29) is 0 Å². The molecule has 7 heteroatoms. The fourth-order valence-corrected chi connectivity index (χ4v) is 1.22. The molecule has 1 amide bonds. The molecule has 1 aromatic rings. The Bertz CT molecular complexity index is 418. The highest BCUT2D eigenvalue weighted by Gasteiger charge is 2.15. The van der Waals surface area contributed by atoms with Crippen molar-refractivity contribution in [3.63, 3.8) is 0 Å². The van der Waals surface area contributed by atoms with Crippen molar-refractivity contribution in [1.29, 1.82) is 0 Å². The number of methoxy groups -OCH3 is 1. The topological polar surface area (TPSA) is 85.4 Å². The zero-order chi connectivity index (χ0) is 14.3. The summed E-state index contributed by atoms with van der Waals surface area (Å²) in [7, 11) is 1.54. The number of ether oxygens (including phenoxy) is 2. The van der Waals surface area contributed by atoms with Crippen LogP contribution >= 0.6 is 0 Å². The molecule has 0 aromatic carbocycles. The fraction of sp³-hybridized carbons (Fsp3) is 0.583. The minimum Gasteiger partial charge on any atom is -0.481 e. The first kappa shape index (κ1) is 15.0. The lowest BCUT2D eigenvalue weighted by Gasteiger charge is -2.19. The van der Waals surface area contributed by atoms with E-state index in [1.165, 1.54) is 13.4 Å². The van der Waals surface area contributed by atoms with Crippen LogP contribution in [0, 0.1) is 0 Å². The summed E-state index contributed by atoms with van der Waals surface area (Å²) in [5.74, 6) is 1.12. The van der Waals surface area contributed by atoms with Crippen molar-refractivity contribution in [2.24, 2.45) is 0 Å². The maximum atomic E-state index is 11.4. The molecule has 0 unspecified atom stereocenters. The van der Waals surface area contributed by atoms with Crippen molar-refractivity contribution >= 4 is 11.9 Å². The SMILES string of the molecule is COc1cc(NCCNC(=O)OC(C)(C)C)ncn1. The molecular weight excluding hydrogens is 248 g/mol. The van der Waals surface area contributed by atoms with Crippen LogP contribution < -0.4 is 15.4 Å². The third-order valence-corrected chi connectivity index (χ3v) is 1.95. The number of rotatable bonds is 5. The molecular formula is C12H20N4O3. The maximum Gasteiger partial charge on any atom is 0.407 e. The first-order valence-corrected chi connectivity index (χ1v) is 5.97. The minimum absolute atomic E-state index is 0.432. The van der Waals surface area contributed by atoms with Gasteiger partial charge in [-0.25, -0.2) is 14.8 Å². The predicted octanol–water partition coefficient (Wildman–Crippen LogP) is 1.42. The molecule has 0 saturated carbocycles. The van der Waals surface area contributed by atoms with E-state index in [1.807, 2.05) is 20.8 Å². The van der Waals surface area contributed by atoms with Gasteiger partial charge in [0.2, 0.25) is 5.88 Å². The second-order valence-electron chi connectivity index (χ2n) is 4.80. The van der Waals surface area contributed by atoms with Gasteiger partial charge in [-0.1, -0.05) is 0 Å². The zero-order valence-electron chi connectivity index (χ0n) is 11.7. The molecule has 0 aliphatic carbocycles. The minimum atomic E-state index is -0.489. The maximum absolute atomic E-state index is 11.4. The summed E-state index contributed by atoms with van der Waals surface area (Å²) < 4.78 is 10.1. The molecule has 0 fully saturated rings. The number of alkyl carbamates (subject to hydrolysis) is 1. The average Bonchev–Trinajstić information content (AvgIpc) is 2.33. The molecule has 0 atom stereocenters. The van der Waals surface area contributed by atoms with Gasteiger partial charge in [-0.05, 0) is 20.8 Å². The van der Waals surface area contributed by atoms with Gasteiger partial charge in [0.05, 0.1) is 7.11 Å². The lowest BCUT2D eigenvalue weighted by Crippen LogP contribution is -2.35. The molecule has 7 nitrogen and oxygen atoms in total. The van der Waals surface area contributed by atoms with Crippen molar-refractivity contribution in [1.82, 2.24) is 15.3 Å². The summed E-state index contributed by atoms with van der Waals surface area (Å²) in [5.41, 5.74) is -0.489. The zero-order valence-corrected chi connectivity index (χ0v) is 11.7. The van der Waals surface area contributed by atoms with E-state index in [4.69, 9.17) is 9.47 Å². The molecule has 1 aromatic heterocycles. The Morgan fingerprint density at radius 3 is 2.68 bits per heavy atom. The van der Waals surface area contributed by atoms with Gasteiger partial charge in [-0.15, -0.1) is 0 Å². The molecule has 0 aliphatic rings. The Morgan fingerprint density at radius 1 is 1.32 bits per heavy atom. The van der Waals surface area contributed by atoms with Crippen LogP contribution in [0.5, 0.6) is 5.88 Å². The van der Waals surface area contributed by atoms with Crippen LogP contribution in [0.2, 0.25) is 0 Å². The standard InChI is InChI=1S/C12H20N4O3/c1-12(2,3)19-11(17)14-6-5-13-9-7-10(18-4)16-8-15-9/h7-8H,5-6H2,1-4H3,(H,14,17)(H,13,15,16). The average molecular weight is 268 g/mol. The van der Waals surface area contributed by atoms with E-state index in [0.717, 1.165) is 0 Å². The Balaban J connectivity index is 2.25. The Labute approximate surface area is 112 Å². The molecule has 1 rings (SSSR count). The molecule has 0 radical (unpaired) electrons. The highest BCUT2D eigenvalue weighted by atomic mass is 16.6. The number of nitrogens with zero attached hydrogens (tertiary/aromatic N) is 2. The van der Waals surface area contributed by atoms with Gasteiger partial charge < -0.3 is 20.1 Å². The number of hydrogen-bond donors (Lipinski definition) is 2. The lowest BCUT2D eigenvalue weighted by molar-refractivity contribution is 0.0530. The van der Waals surface area contributed by atoms with Crippen LogP contribution in [0.25, 0.3) is 0 Å². The summed E-state index contributed by atoms with van der Waals surface area (Å²) >= 11 is 0. The normalized spacial score (nSPS) is 10.7. The van der Waals surface area contributed by atoms with Gasteiger partial charge in [0.1, 0.15) is 17.7 Å². The third kappa shape index (κ3) is 6.44. The van der Waals surface area contributed by atoms with Gasteiger partial charge in [0.15, 0.2) is 0 Å². The molecule has 106 valence electrons. The number of nitrogens with one attached hydrogen (secondary N) is 2. The van der Waals surface area contributed by atoms with E-state index in [1.54, 1.807) is 6.07 Å². The van der Waals surface area contributed by atoms with Crippen LogP contribution in [0.3, 0.4) is 0 Å². The highest BCUT2D eigenvalue weighted by Crippen LogP contribution is 2.09. The number of hydrogen-bond acceptors (Lipinski definition) is 6. The van der Waals surface area contributed by atoms with Crippen molar-refractivity contribution in [3.05, 3.63) is 12.4 Å². The number of carbonyl (C=O) groups is 1. The van der Waals surface area contributed by atoms with Crippen LogP contribution in [-0.2, 0) is 4.74 Å². The van der Waals surface area contributed by atoms with E-state index in [2.05, 4.69) is 20.6 Å². The summed E-state index contributed by atoms with van der Waals surface area (Å²) in [6, 6.07) is 1.67. The van der Waals surface area contributed by atoms with Gasteiger partial charge in [-0.3, -0.25) is 0 Å². The quantitative estimate of drug-likeness (QED) is 0.786. The van der Waals surface area contributed by atoms with Gasteiger partial charge in [0.25, 0.3) is 0 Å². The van der Waals surface area contributed by atoms with Gasteiger partial charge in [-0.2, -0.15) is 0 Å². The van der Waals surface area contributed by atoms with E-state index >= 15 is 0 Å². The number of carbonyl (C=O) groups excluding carboxylic acids is 1. The molecule has 0 spiro atoms. The molecule has 1 heterocycles. The van der Waals surface area contributed by atoms with Crippen LogP contribution in [-0.4, -0.2) is 41.9 Å². The van der Waals surface area contributed by atoms with Crippen molar-refractivity contribution in [3.8, 4) is 5.88 Å². The smallest absolute Gasteiger partial charge is 0.407 e. The van der Waals surface area contributed by atoms with Crippen molar-refractivity contribution < 1.29 is 14.3 Å². The highest BCUT2D eigenvalue weighted by molar-refractivity contribution is 5.67. The Kier molecular flexibility index (Phi) is 5.35. The summed E-state index contributed by atoms with van der Waals surface area (Å²) in [5, 5.41) is 5.68. The van der Waals surface area contributed by atoms with Gasteiger partial charge >= 0.3 is 6.09 Å². The number of anilines is 1. The van der Waals surface area contributed by atoms with E-state index in [0.29, 0.717) is 24.8 Å². The molecule has 0 aliphatic heterocycles. The van der Waals surface area contributed by atoms with Crippen LogP contribution in [0.15, 0.2) is 12.4 Å². The van der Waals surface area contributed by atoms with Gasteiger partial charge in [0, 0.05) is 19.2 Å². The molecule has 0 saturated heterocycles. The largest absolute Gasteiger partial charge is 0.481 e. The van der Waals surface area contributed by atoms with E-state index < -0.39 is 11.7 Å². The first-order valence-electron chi connectivity index (χ1n) is 5.97. The number of amides is 1. The first-order chi connectivity index (χ1) is 8.90. The van der Waals surface area contributed by atoms with Crippen LogP contribution in [0.4, 0.5) is 10.6 Å². The number of aromatic nitrogens is 2. The van der Waals surface area contributed by atoms with Crippen molar-refractivity contribution in [2.75, 3.05) is 25.5 Å². The molecule has 0 bridgehead atoms. The fourth-order valence-electron chi connectivity index (χ4n) is 1.22. The summed E-state index contributed by atoms with van der Waals surface area (Å²) in [4.78, 5) is 19.3. The predicted molar refractivity (Wildman–Crippen MR) is 71.3 cm³/mol. The lowest BCUT2D eigenvalue weighted by atomic mass is 10.2.